The summed E-state index contributed by atoms with van der Waals surface area (Å²) < 4.78 is 5.73. The molecule has 1 N–H and O–H groups in total. The first-order valence-corrected chi connectivity index (χ1v) is 10.3. The van der Waals surface area contributed by atoms with Crippen LogP contribution in [0.5, 0.6) is 0 Å². The number of Topliss-reactive ketones (excluding diaryl/α,β-unsaturated/α-hetero) is 1. The summed E-state index contributed by atoms with van der Waals surface area (Å²) in [5.74, 6) is 0.739. The van der Waals surface area contributed by atoms with Gasteiger partial charge in [-0.15, -0.1) is 0 Å². The number of hydrogen-bond acceptors (Lipinski definition) is 3. The minimum atomic E-state index is 0.166. The van der Waals surface area contributed by atoms with E-state index in [0.717, 1.165) is 24.3 Å². The van der Waals surface area contributed by atoms with E-state index in [0.29, 0.717) is 25.0 Å². The van der Waals surface area contributed by atoms with Gasteiger partial charge in [-0.2, -0.15) is 0 Å². The first-order chi connectivity index (χ1) is 14.3. The van der Waals surface area contributed by atoms with Crippen molar-refractivity contribution in [3.05, 3.63) is 107 Å². The van der Waals surface area contributed by atoms with Crippen LogP contribution in [0.4, 0.5) is 0 Å². The molecule has 3 nitrogen and oxygen atoms in total. The fourth-order valence-electron chi connectivity index (χ4n) is 3.66. The van der Waals surface area contributed by atoms with Gasteiger partial charge in [0.05, 0.1) is 13.2 Å². The van der Waals surface area contributed by atoms with Gasteiger partial charge >= 0.3 is 0 Å². The number of ether oxygens (including phenoxy) is 1. The van der Waals surface area contributed by atoms with Crippen molar-refractivity contribution < 1.29 is 9.53 Å². The first kappa shape index (κ1) is 19.6. The highest BCUT2D eigenvalue weighted by atomic mass is 16.5. The highest BCUT2D eigenvalue weighted by Crippen LogP contribution is 2.40. The Hall–Kier alpha value is -2.75. The van der Waals surface area contributed by atoms with Gasteiger partial charge in [-0.1, -0.05) is 84.9 Å². The Morgan fingerprint density at radius 2 is 1.55 bits per heavy atom. The summed E-state index contributed by atoms with van der Waals surface area (Å²) >= 11 is 0. The number of nitrogens with one attached hydrogen (secondary N) is 1. The van der Waals surface area contributed by atoms with Crippen LogP contribution in [-0.2, 0) is 17.8 Å². The highest BCUT2D eigenvalue weighted by molar-refractivity contribution is 5.97. The molecule has 0 amide bonds. The van der Waals surface area contributed by atoms with Crippen LogP contribution in [0.1, 0.15) is 39.4 Å². The van der Waals surface area contributed by atoms with E-state index in [1.54, 1.807) is 0 Å². The van der Waals surface area contributed by atoms with Gasteiger partial charge in [0.15, 0.2) is 5.78 Å². The standard InChI is InChI=1S/C26H27NO2/c28-26(23-9-5-2-6-10-23)17-20-11-13-22(14-12-20)24-18-25(24)27-15-16-29-19-21-7-3-1-4-8-21/h1-14,24-25,27H,15-19H2. The number of carbonyl (C=O) groups excluding carboxylic acids is 1. The molecule has 4 rings (SSSR count). The molecule has 1 aliphatic rings. The molecule has 3 heteroatoms. The van der Waals surface area contributed by atoms with Gasteiger partial charge < -0.3 is 10.1 Å². The fraction of sp³-hybridized carbons (Fsp3) is 0.269. The number of hydrogen-bond donors (Lipinski definition) is 1. The maximum absolute atomic E-state index is 12.3. The van der Waals surface area contributed by atoms with E-state index in [1.165, 1.54) is 17.5 Å². The third-order valence-electron chi connectivity index (χ3n) is 5.42. The predicted molar refractivity (Wildman–Crippen MR) is 116 cm³/mol. The van der Waals surface area contributed by atoms with Crippen LogP contribution in [-0.4, -0.2) is 25.0 Å². The Balaban J connectivity index is 1.17. The molecule has 2 atom stereocenters. The Kier molecular flexibility index (Phi) is 6.50. The molecule has 3 aromatic carbocycles. The summed E-state index contributed by atoms with van der Waals surface area (Å²) in [5.41, 5.74) is 4.41. The lowest BCUT2D eigenvalue weighted by Crippen LogP contribution is -2.23. The zero-order valence-electron chi connectivity index (χ0n) is 16.6. The van der Waals surface area contributed by atoms with Crippen molar-refractivity contribution in [2.24, 2.45) is 0 Å². The Morgan fingerprint density at radius 3 is 2.28 bits per heavy atom. The molecular weight excluding hydrogens is 358 g/mol. The monoisotopic (exact) mass is 385 g/mol. The lowest BCUT2D eigenvalue weighted by Gasteiger charge is -2.07. The average Bonchev–Trinajstić information content (AvgIpc) is 3.55. The average molecular weight is 386 g/mol. The van der Waals surface area contributed by atoms with Crippen molar-refractivity contribution in [1.82, 2.24) is 5.32 Å². The van der Waals surface area contributed by atoms with Crippen molar-refractivity contribution in [2.45, 2.75) is 31.4 Å². The second-order valence-corrected chi connectivity index (χ2v) is 7.65. The molecule has 0 radical (unpaired) electrons. The molecule has 0 aliphatic heterocycles. The second kappa shape index (κ2) is 9.64. The predicted octanol–water partition coefficient (Wildman–Crippen LogP) is 4.77. The number of ketones is 1. The van der Waals surface area contributed by atoms with E-state index in [2.05, 4.69) is 41.7 Å². The van der Waals surface area contributed by atoms with Crippen molar-refractivity contribution >= 4 is 5.78 Å². The Morgan fingerprint density at radius 1 is 0.862 bits per heavy atom. The van der Waals surface area contributed by atoms with E-state index in [1.807, 2.05) is 48.5 Å². The van der Waals surface area contributed by atoms with Gasteiger partial charge in [0.25, 0.3) is 0 Å². The molecular formula is C26H27NO2. The van der Waals surface area contributed by atoms with Crippen LogP contribution in [0.3, 0.4) is 0 Å². The summed E-state index contributed by atoms with van der Waals surface area (Å²) in [6, 6.07) is 28.8. The Labute approximate surface area is 172 Å². The molecule has 148 valence electrons. The summed E-state index contributed by atoms with van der Waals surface area (Å²) in [7, 11) is 0. The number of carbonyl (C=O) groups is 1. The lowest BCUT2D eigenvalue weighted by molar-refractivity contribution is 0.0993. The molecule has 0 bridgehead atoms. The normalized spacial score (nSPS) is 17.8. The molecule has 29 heavy (non-hydrogen) atoms. The minimum absolute atomic E-state index is 0.166. The molecule has 0 spiro atoms. The Bertz CT molecular complexity index is 906. The van der Waals surface area contributed by atoms with Gasteiger partial charge in [0.2, 0.25) is 0 Å². The molecule has 3 aromatic rings. The second-order valence-electron chi connectivity index (χ2n) is 7.65. The summed E-state index contributed by atoms with van der Waals surface area (Å²) in [6.45, 7) is 2.26. The van der Waals surface area contributed by atoms with Gasteiger partial charge in [0, 0.05) is 30.5 Å². The minimum Gasteiger partial charge on any atom is -0.375 e. The van der Waals surface area contributed by atoms with Gasteiger partial charge in [-0.3, -0.25) is 4.79 Å². The maximum atomic E-state index is 12.3. The van der Waals surface area contributed by atoms with Crippen LogP contribution >= 0.6 is 0 Å². The topological polar surface area (TPSA) is 38.3 Å². The van der Waals surface area contributed by atoms with Gasteiger partial charge in [0.1, 0.15) is 0 Å². The lowest BCUT2D eigenvalue weighted by atomic mass is 10.0. The molecule has 1 fully saturated rings. The summed E-state index contributed by atoms with van der Waals surface area (Å²) in [5, 5.41) is 3.58. The fourth-order valence-corrected chi connectivity index (χ4v) is 3.66. The van der Waals surface area contributed by atoms with Gasteiger partial charge in [-0.25, -0.2) is 0 Å². The molecule has 1 aliphatic carbocycles. The highest BCUT2D eigenvalue weighted by Gasteiger charge is 2.37. The van der Waals surface area contributed by atoms with Crippen LogP contribution < -0.4 is 5.32 Å². The van der Waals surface area contributed by atoms with Crippen molar-refractivity contribution in [2.75, 3.05) is 13.2 Å². The maximum Gasteiger partial charge on any atom is 0.167 e. The molecule has 2 unspecified atom stereocenters. The molecule has 0 heterocycles. The quantitative estimate of drug-likeness (QED) is 0.403. The van der Waals surface area contributed by atoms with Crippen LogP contribution in [0, 0.1) is 0 Å². The van der Waals surface area contributed by atoms with E-state index in [-0.39, 0.29) is 5.78 Å². The van der Waals surface area contributed by atoms with E-state index < -0.39 is 0 Å². The number of rotatable bonds is 10. The summed E-state index contributed by atoms with van der Waals surface area (Å²) in [4.78, 5) is 12.3. The van der Waals surface area contributed by atoms with Crippen molar-refractivity contribution in [1.29, 1.82) is 0 Å². The van der Waals surface area contributed by atoms with Gasteiger partial charge in [-0.05, 0) is 23.1 Å². The van der Waals surface area contributed by atoms with E-state index >= 15 is 0 Å². The van der Waals surface area contributed by atoms with Crippen LogP contribution in [0.15, 0.2) is 84.9 Å². The zero-order chi connectivity index (χ0) is 19.9. The summed E-state index contributed by atoms with van der Waals surface area (Å²) in [6.07, 6.45) is 1.62. The van der Waals surface area contributed by atoms with Crippen molar-refractivity contribution in [3.8, 4) is 0 Å². The van der Waals surface area contributed by atoms with Crippen LogP contribution in [0.2, 0.25) is 0 Å². The largest absolute Gasteiger partial charge is 0.375 e. The van der Waals surface area contributed by atoms with E-state index in [4.69, 9.17) is 4.74 Å². The third-order valence-corrected chi connectivity index (χ3v) is 5.42. The zero-order valence-corrected chi connectivity index (χ0v) is 16.6. The van der Waals surface area contributed by atoms with E-state index in [9.17, 15) is 4.79 Å². The van der Waals surface area contributed by atoms with Crippen LogP contribution in [0.25, 0.3) is 0 Å². The molecule has 0 saturated heterocycles. The third kappa shape index (κ3) is 5.63. The first-order valence-electron chi connectivity index (χ1n) is 10.3. The number of benzene rings is 3. The molecule has 0 aromatic heterocycles. The smallest absolute Gasteiger partial charge is 0.167 e. The molecule has 1 saturated carbocycles. The van der Waals surface area contributed by atoms with Crippen molar-refractivity contribution in [3.63, 3.8) is 0 Å². The SMILES string of the molecule is O=C(Cc1ccc(C2CC2NCCOCc2ccccc2)cc1)c1ccccc1.